The predicted octanol–water partition coefficient (Wildman–Crippen LogP) is 3.50. The van der Waals surface area contributed by atoms with Gasteiger partial charge in [0.15, 0.2) is 9.84 Å². The van der Waals surface area contributed by atoms with Gasteiger partial charge in [0.1, 0.15) is 0 Å². The van der Waals surface area contributed by atoms with Crippen LogP contribution in [0.15, 0.2) is 53.4 Å². The Kier molecular flexibility index (Phi) is 4.54. The van der Waals surface area contributed by atoms with Gasteiger partial charge in [-0.15, -0.1) is 0 Å². The van der Waals surface area contributed by atoms with Crippen LogP contribution < -0.4 is 9.80 Å². The lowest BCUT2D eigenvalue weighted by Gasteiger charge is -2.32. The minimum Gasteiger partial charge on any atom is -0.373 e. The van der Waals surface area contributed by atoms with Gasteiger partial charge in [0.2, 0.25) is 0 Å². The summed E-state index contributed by atoms with van der Waals surface area (Å²) < 4.78 is 23.3. The highest BCUT2D eigenvalue weighted by Crippen LogP contribution is 2.36. The quantitative estimate of drug-likeness (QED) is 0.854. The zero-order chi connectivity index (χ0) is 17.3. The summed E-state index contributed by atoms with van der Waals surface area (Å²) in [6, 6.07) is 15.9. The van der Waals surface area contributed by atoms with Gasteiger partial charge in [-0.25, -0.2) is 8.42 Å². The molecule has 2 aromatic carbocycles. The maximum atomic E-state index is 11.6. The van der Waals surface area contributed by atoms with Crippen LogP contribution in [-0.4, -0.2) is 34.8 Å². The maximum Gasteiger partial charge on any atom is 0.175 e. The Morgan fingerprint density at radius 2 is 1.58 bits per heavy atom. The Labute approximate surface area is 144 Å². The van der Waals surface area contributed by atoms with Crippen LogP contribution in [-0.2, 0) is 9.84 Å². The number of anilines is 2. The van der Waals surface area contributed by atoms with Crippen LogP contribution in [0.3, 0.4) is 0 Å². The standard InChI is InChI=1S/C19H24N2O2S/c1-15(16-9-11-17(12-10-16)24(3,22)23)21-14-6-13-20(2)18-7-4-5-8-19(18)21/h4-5,7-12,15H,6,13-14H2,1-3H3. The maximum absolute atomic E-state index is 11.6. The molecule has 0 aromatic heterocycles. The summed E-state index contributed by atoms with van der Waals surface area (Å²) in [4.78, 5) is 5.08. The minimum absolute atomic E-state index is 0.186. The highest BCUT2D eigenvalue weighted by Gasteiger charge is 2.23. The van der Waals surface area contributed by atoms with E-state index in [2.05, 4.69) is 48.0 Å². The van der Waals surface area contributed by atoms with Gasteiger partial charge in [0.25, 0.3) is 0 Å². The number of sulfone groups is 1. The molecule has 24 heavy (non-hydrogen) atoms. The smallest absolute Gasteiger partial charge is 0.175 e. The normalized spacial score (nSPS) is 16.5. The first kappa shape index (κ1) is 16.8. The van der Waals surface area contributed by atoms with Crippen LogP contribution in [0.5, 0.6) is 0 Å². The van der Waals surface area contributed by atoms with E-state index in [9.17, 15) is 8.42 Å². The second kappa shape index (κ2) is 6.48. The molecule has 0 amide bonds. The fraction of sp³-hybridized carbons (Fsp3) is 0.368. The number of benzene rings is 2. The van der Waals surface area contributed by atoms with Crippen LogP contribution >= 0.6 is 0 Å². The number of nitrogens with zero attached hydrogens (tertiary/aromatic N) is 2. The molecule has 0 saturated heterocycles. The van der Waals surface area contributed by atoms with Gasteiger partial charge >= 0.3 is 0 Å². The molecule has 0 aliphatic carbocycles. The van der Waals surface area contributed by atoms with E-state index >= 15 is 0 Å². The topological polar surface area (TPSA) is 40.6 Å². The van der Waals surface area contributed by atoms with E-state index in [4.69, 9.17) is 0 Å². The molecule has 4 nitrogen and oxygen atoms in total. The van der Waals surface area contributed by atoms with E-state index in [1.54, 1.807) is 12.1 Å². The van der Waals surface area contributed by atoms with E-state index < -0.39 is 9.84 Å². The Bertz CT molecular complexity index is 816. The van der Waals surface area contributed by atoms with Gasteiger partial charge in [-0.2, -0.15) is 0 Å². The number of hydrogen-bond acceptors (Lipinski definition) is 4. The zero-order valence-electron chi connectivity index (χ0n) is 14.4. The zero-order valence-corrected chi connectivity index (χ0v) is 15.3. The SMILES string of the molecule is CC(c1ccc(S(C)(=O)=O)cc1)N1CCCN(C)c2ccccc21. The van der Waals surface area contributed by atoms with E-state index in [1.807, 2.05) is 12.1 Å². The lowest BCUT2D eigenvalue weighted by Crippen LogP contribution is -2.27. The number of para-hydroxylation sites is 2. The van der Waals surface area contributed by atoms with Crippen LogP contribution in [0.2, 0.25) is 0 Å². The van der Waals surface area contributed by atoms with E-state index in [0.29, 0.717) is 4.90 Å². The first-order valence-electron chi connectivity index (χ1n) is 8.25. The molecule has 0 N–H and O–H groups in total. The Balaban J connectivity index is 1.94. The molecule has 5 heteroatoms. The molecule has 2 aromatic rings. The van der Waals surface area contributed by atoms with Crippen LogP contribution in [0.4, 0.5) is 11.4 Å². The van der Waals surface area contributed by atoms with E-state index in [1.165, 1.54) is 17.6 Å². The first-order chi connectivity index (χ1) is 11.4. The third kappa shape index (κ3) is 3.26. The Morgan fingerprint density at radius 1 is 0.958 bits per heavy atom. The third-order valence-corrected chi connectivity index (χ3v) is 5.88. The molecule has 128 valence electrons. The van der Waals surface area contributed by atoms with Crippen LogP contribution in [0, 0.1) is 0 Å². The number of hydrogen-bond donors (Lipinski definition) is 0. The number of fused-ring (bicyclic) bond motifs is 1. The van der Waals surface area contributed by atoms with Crippen molar-refractivity contribution >= 4 is 21.2 Å². The monoisotopic (exact) mass is 344 g/mol. The lowest BCUT2D eigenvalue weighted by molar-refractivity contribution is 0.601. The largest absolute Gasteiger partial charge is 0.373 e. The minimum atomic E-state index is -3.15. The molecule has 1 aliphatic heterocycles. The summed E-state index contributed by atoms with van der Waals surface area (Å²) in [6.45, 7) is 4.20. The van der Waals surface area contributed by atoms with Gasteiger partial charge in [-0.05, 0) is 43.2 Å². The Morgan fingerprint density at radius 3 is 2.21 bits per heavy atom. The van der Waals surface area contributed by atoms with Crippen molar-refractivity contribution in [2.75, 3.05) is 36.2 Å². The third-order valence-electron chi connectivity index (χ3n) is 4.75. The average molecular weight is 344 g/mol. The Hall–Kier alpha value is -2.01. The van der Waals surface area contributed by atoms with E-state index in [-0.39, 0.29) is 6.04 Å². The van der Waals surface area contributed by atoms with Gasteiger partial charge in [0, 0.05) is 26.4 Å². The molecule has 0 spiro atoms. The molecule has 1 unspecified atom stereocenters. The van der Waals surface area contributed by atoms with Gasteiger partial charge in [0.05, 0.1) is 22.3 Å². The van der Waals surface area contributed by atoms with Gasteiger partial charge < -0.3 is 9.80 Å². The predicted molar refractivity (Wildman–Crippen MR) is 99.6 cm³/mol. The highest BCUT2D eigenvalue weighted by atomic mass is 32.2. The van der Waals surface area contributed by atoms with Crippen molar-refractivity contribution in [1.82, 2.24) is 0 Å². The van der Waals surface area contributed by atoms with Crippen molar-refractivity contribution < 1.29 is 8.42 Å². The molecule has 0 saturated carbocycles. The van der Waals surface area contributed by atoms with Crippen molar-refractivity contribution in [3.8, 4) is 0 Å². The van der Waals surface area contributed by atoms with Crippen molar-refractivity contribution in [2.45, 2.75) is 24.3 Å². The molecule has 0 fully saturated rings. The molecule has 0 radical (unpaired) electrons. The molecule has 1 aliphatic rings. The fourth-order valence-electron chi connectivity index (χ4n) is 3.32. The number of rotatable bonds is 3. The summed E-state index contributed by atoms with van der Waals surface area (Å²) in [5.41, 5.74) is 3.61. The van der Waals surface area contributed by atoms with Gasteiger partial charge in [-0.3, -0.25) is 0 Å². The second-order valence-electron chi connectivity index (χ2n) is 6.47. The van der Waals surface area contributed by atoms with Gasteiger partial charge in [-0.1, -0.05) is 24.3 Å². The average Bonchev–Trinajstić information content (AvgIpc) is 2.73. The van der Waals surface area contributed by atoms with E-state index in [0.717, 1.165) is 25.1 Å². The van der Waals surface area contributed by atoms with Crippen molar-refractivity contribution in [1.29, 1.82) is 0 Å². The second-order valence-corrected chi connectivity index (χ2v) is 8.49. The molecule has 3 rings (SSSR count). The van der Waals surface area contributed by atoms with Crippen molar-refractivity contribution in [3.63, 3.8) is 0 Å². The molecule has 1 atom stereocenters. The molecular weight excluding hydrogens is 320 g/mol. The highest BCUT2D eigenvalue weighted by molar-refractivity contribution is 7.90. The first-order valence-corrected chi connectivity index (χ1v) is 10.1. The summed E-state index contributed by atoms with van der Waals surface area (Å²) >= 11 is 0. The summed E-state index contributed by atoms with van der Waals surface area (Å²) in [5, 5.41) is 0. The van der Waals surface area contributed by atoms with Crippen LogP contribution in [0.25, 0.3) is 0 Å². The van der Waals surface area contributed by atoms with Crippen LogP contribution in [0.1, 0.15) is 24.9 Å². The van der Waals surface area contributed by atoms with Crippen molar-refractivity contribution in [3.05, 3.63) is 54.1 Å². The fourth-order valence-corrected chi connectivity index (χ4v) is 3.96. The molecule has 1 heterocycles. The summed E-state index contributed by atoms with van der Waals surface area (Å²) in [5.74, 6) is 0. The molecule has 0 bridgehead atoms. The van der Waals surface area contributed by atoms with Crippen molar-refractivity contribution in [2.24, 2.45) is 0 Å². The summed E-state index contributed by atoms with van der Waals surface area (Å²) in [6.07, 6.45) is 2.34. The summed E-state index contributed by atoms with van der Waals surface area (Å²) in [7, 11) is -1.02. The lowest BCUT2D eigenvalue weighted by atomic mass is 10.1. The molecular formula is C19H24N2O2S.